The van der Waals surface area contributed by atoms with Gasteiger partial charge in [-0.1, -0.05) is 6.07 Å². The van der Waals surface area contributed by atoms with Crippen LogP contribution < -0.4 is 4.74 Å². The fourth-order valence-electron chi connectivity index (χ4n) is 1.83. The van der Waals surface area contributed by atoms with Crippen LogP contribution in [0.4, 0.5) is 0 Å². The third-order valence-corrected chi connectivity index (χ3v) is 3.21. The van der Waals surface area contributed by atoms with Gasteiger partial charge >= 0.3 is 5.97 Å². The highest BCUT2D eigenvalue weighted by Crippen LogP contribution is 2.37. The molecule has 0 amide bonds. The molecule has 1 aromatic carbocycles. The Bertz CT molecular complexity index is 477. The minimum Gasteiger partial charge on any atom is -0.495 e. The van der Waals surface area contributed by atoms with E-state index in [4.69, 9.17) is 9.47 Å². The number of rotatable bonds is 2. The zero-order chi connectivity index (χ0) is 11.7. The van der Waals surface area contributed by atoms with Gasteiger partial charge in [-0.15, -0.1) is 0 Å². The van der Waals surface area contributed by atoms with Crippen molar-refractivity contribution in [2.45, 2.75) is 6.42 Å². The first-order valence-electron chi connectivity index (χ1n) is 4.81. The highest BCUT2D eigenvalue weighted by Gasteiger charge is 2.22. The molecule has 0 bridgehead atoms. The van der Waals surface area contributed by atoms with Crippen LogP contribution in [0.2, 0.25) is 0 Å². The molecule has 84 valence electrons. The first kappa shape index (κ1) is 11.2. The number of hydrogen-bond donors (Lipinski definition) is 0. The second-order valence-electron chi connectivity index (χ2n) is 3.49. The van der Waals surface area contributed by atoms with Crippen LogP contribution in [0.3, 0.4) is 0 Å². The lowest BCUT2D eigenvalue weighted by atomic mass is 10.1. The molecule has 0 spiro atoms. The van der Waals surface area contributed by atoms with E-state index >= 15 is 0 Å². The van der Waals surface area contributed by atoms with Crippen molar-refractivity contribution in [3.05, 3.63) is 33.3 Å². The largest absolute Gasteiger partial charge is 0.495 e. The van der Waals surface area contributed by atoms with Crippen LogP contribution >= 0.6 is 15.9 Å². The molecule has 1 aliphatic carbocycles. The van der Waals surface area contributed by atoms with E-state index in [1.807, 2.05) is 18.2 Å². The Morgan fingerprint density at radius 1 is 1.38 bits per heavy atom. The van der Waals surface area contributed by atoms with E-state index in [2.05, 4.69) is 15.9 Å². The highest BCUT2D eigenvalue weighted by molar-refractivity contribution is 9.10. The molecule has 1 aromatic rings. The average Bonchev–Trinajstić information content (AvgIpc) is 2.71. The summed E-state index contributed by atoms with van der Waals surface area (Å²) in [6.45, 7) is 0. The Kier molecular flexibility index (Phi) is 3.01. The fourth-order valence-corrected chi connectivity index (χ4v) is 2.33. The van der Waals surface area contributed by atoms with E-state index in [1.165, 1.54) is 7.11 Å². The van der Waals surface area contributed by atoms with Gasteiger partial charge in [-0.25, -0.2) is 4.79 Å². The van der Waals surface area contributed by atoms with Gasteiger partial charge < -0.3 is 9.47 Å². The summed E-state index contributed by atoms with van der Waals surface area (Å²) in [6.07, 6.45) is 2.43. The van der Waals surface area contributed by atoms with Gasteiger partial charge in [-0.05, 0) is 33.6 Å². The summed E-state index contributed by atoms with van der Waals surface area (Å²) in [5.74, 6) is 0.478. The van der Waals surface area contributed by atoms with E-state index in [1.54, 1.807) is 7.11 Å². The summed E-state index contributed by atoms with van der Waals surface area (Å²) < 4.78 is 10.9. The summed E-state index contributed by atoms with van der Waals surface area (Å²) in [5.41, 5.74) is 2.70. The van der Waals surface area contributed by atoms with Crippen LogP contribution in [0.5, 0.6) is 5.75 Å². The Balaban J connectivity index is 2.46. The van der Waals surface area contributed by atoms with Gasteiger partial charge in [0.15, 0.2) is 0 Å². The van der Waals surface area contributed by atoms with Crippen molar-refractivity contribution in [3.8, 4) is 5.75 Å². The van der Waals surface area contributed by atoms with Crippen LogP contribution in [-0.4, -0.2) is 20.2 Å². The second-order valence-corrected chi connectivity index (χ2v) is 4.35. The summed E-state index contributed by atoms with van der Waals surface area (Å²) in [6, 6.07) is 3.90. The number of hydrogen-bond acceptors (Lipinski definition) is 3. The quantitative estimate of drug-likeness (QED) is 0.782. The normalized spacial score (nSPS) is 13.1. The number of ether oxygens (including phenoxy) is 2. The number of halogens is 1. The zero-order valence-electron chi connectivity index (χ0n) is 9.04. The third-order valence-electron chi connectivity index (χ3n) is 2.59. The Labute approximate surface area is 102 Å². The number of carbonyl (C=O) groups excluding carboxylic acids is 1. The third kappa shape index (κ3) is 1.73. The van der Waals surface area contributed by atoms with Gasteiger partial charge in [0.05, 0.1) is 18.7 Å². The van der Waals surface area contributed by atoms with Crippen molar-refractivity contribution in [1.29, 1.82) is 0 Å². The topological polar surface area (TPSA) is 35.5 Å². The molecule has 0 fully saturated rings. The fraction of sp³-hybridized carbons (Fsp3) is 0.250. The second kappa shape index (κ2) is 4.29. The van der Waals surface area contributed by atoms with Crippen LogP contribution in [-0.2, 0) is 16.0 Å². The molecule has 0 aliphatic heterocycles. The van der Waals surface area contributed by atoms with Gasteiger partial charge in [-0.3, -0.25) is 0 Å². The zero-order valence-corrected chi connectivity index (χ0v) is 10.6. The van der Waals surface area contributed by atoms with Crippen LogP contribution in [0.15, 0.2) is 22.2 Å². The number of esters is 1. The summed E-state index contributed by atoms with van der Waals surface area (Å²) in [5, 5.41) is 0. The number of benzene rings is 1. The number of carbonyl (C=O) groups is 1. The van der Waals surface area contributed by atoms with Crippen LogP contribution in [0.25, 0.3) is 6.08 Å². The van der Waals surface area contributed by atoms with Crippen molar-refractivity contribution >= 4 is 28.0 Å². The maximum Gasteiger partial charge on any atom is 0.334 e. The maximum atomic E-state index is 11.4. The average molecular weight is 283 g/mol. The predicted octanol–water partition coefficient (Wildman–Crippen LogP) is 2.57. The van der Waals surface area contributed by atoms with Gasteiger partial charge in [0.1, 0.15) is 5.75 Å². The number of methoxy groups -OCH3 is 2. The molecule has 0 saturated carbocycles. The highest BCUT2D eigenvalue weighted by atomic mass is 79.9. The molecule has 0 heterocycles. The van der Waals surface area contributed by atoms with E-state index < -0.39 is 0 Å². The molecule has 0 N–H and O–H groups in total. The molecule has 0 saturated heterocycles. The van der Waals surface area contributed by atoms with E-state index in [0.717, 1.165) is 21.3 Å². The molecule has 0 radical (unpaired) electrons. The van der Waals surface area contributed by atoms with Gasteiger partial charge in [0.2, 0.25) is 0 Å². The molecule has 4 heteroatoms. The van der Waals surface area contributed by atoms with Crippen molar-refractivity contribution in [2.75, 3.05) is 14.2 Å². The molecular formula is C12H11BrO3. The van der Waals surface area contributed by atoms with Gasteiger partial charge in [0.25, 0.3) is 0 Å². The lowest BCUT2D eigenvalue weighted by Crippen LogP contribution is -2.03. The molecule has 0 aromatic heterocycles. The molecule has 0 unspecified atom stereocenters. The van der Waals surface area contributed by atoms with Gasteiger partial charge in [0, 0.05) is 17.6 Å². The molecule has 3 nitrogen and oxygen atoms in total. The summed E-state index contributed by atoms with van der Waals surface area (Å²) >= 11 is 3.41. The Morgan fingerprint density at radius 3 is 2.75 bits per heavy atom. The van der Waals surface area contributed by atoms with E-state index in [9.17, 15) is 4.79 Å². The first-order valence-corrected chi connectivity index (χ1v) is 5.61. The first-order chi connectivity index (χ1) is 7.67. The smallest absolute Gasteiger partial charge is 0.334 e. The van der Waals surface area contributed by atoms with Crippen molar-refractivity contribution in [3.63, 3.8) is 0 Å². The predicted molar refractivity (Wildman–Crippen MR) is 64.4 cm³/mol. The van der Waals surface area contributed by atoms with Crippen LogP contribution in [0.1, 0.15) is 11.1 Å². The summed E-state index contributed by atoms with van der Waals surface area (Å²) in [4.78, 5) is 11.4. The Hall–Kier alpha value is -1.29. The van der Waals surface area contributed by atoms with Gasteiger partial charge in [-0.2, -0.15) is 0 Å². The molecule has 0 atom stereocenters. The van der Waals surface area contributed by atoms with Crippen molar-refractivity contribution in [2.24, 2.45) is 0 Å². The minimum absolute atomic E-state index is 0.283. The monoisotopic (exact) mass is 282 g/mol. The molecule has 2 rings (SSSR count). The number of fused-ring (bicyclic) bond motifs is 1. The molecular weight excluding hydrogens is 272 g/mol. The lowest BCUT2D eigenvalue weighted by molar-refractivity contribution is -0.136. The van der Waals surface area contributed by atoms with E-state index in [-0.39, 0.29) is 5.97 Å². The minimum atomic E-state index is -0.283. The van der Waals surface area contributed by atoms with Crippen molar-refractivity contribution < 1.29 is 14.3 Å². The standard InChI is InChI=1S/C12H11BrO3/c1-15-11-9-6-8(12(14)16-2)5-7(9)3-4-10(11)13/h3-4,6H,5H2,1-2H3. The van der Waals surface area contributed by atoms with Crippen LogP contribution in [0, 0.1) is 0 Å². The Morgan fingerprint density at radius 2 is 2.12 bits per heavy atom. The maximum absolute atomic E-state index is 11.4. The molecule has 16 heavy (non-hydrogen) atoms. The SMILES string of the molecule is COC(=O)C1=Cc2c(ccc(Br)c2OC)C1. The summed E-state index contributed by atoms with van der Waals surface area (Å²) in [7, 11) is 3.00. The lowest BCUT2D eigenvalue weighted by Gasteiger charge is -2.07. The molecule has 1 aliphatic rings. The van der Waals surface area contributed by atoms with E-state index in [0.29, 0.717) is 12.0 Å². The van der Waals surface area contributed by atoms with Crippen molar-refractivity contribution in [1.82, 2.24) is 0 Å².